The highest BCUT2D eigenvalue weighted by Gasteiger charge is 2.38. The van der Waals surface area contributed by atoms with E-state index in [4.69, 9.17) is 0 Å². The normalized spacial score (nSPS) is 39.5. The van der Waals surface area contributed by atoms with Crippen molar-refractivity contribution in [1.29, 1.82) is 0 Å². The summed E-state index contributed by atoms with van der Waals surface area (Å²) in [7, 11) is 0. The third kappa shape index (κ3) is 1.57. The molecule has 0 saturated carbocycles. The first-order chi connectivity index (χ1) is 6.33. The number of carbonyl (C=O) groups excluding carboxylic acids is 1. The molecule has 0 bridgehead atoms. The molecule has 74 valence electrons. The SMILES string of the molecule is CCC1CCNC(=O)C2NCCC12. The van der Waals surface area contributed by atoms with E-state index in [9.17, 15) is 4.79 Å². The minimum absolute atomic E-state index is 0.104. The predicted molar refractivity (Wildman–Crippen MR) is 51.3 cm³/mol. The largest absolute Gasteiger partial charge is 0.355 e. The number of hydrogen-bond donors (Lipinski definition) is 2. The summed E-state index contributed by atoms with van der Waals surface area (Å²) >= 11 is 0. The Balaban J connectivity index is 2.13. The maximum absolute atomic E-state index is 11.6. The molecule has 0 radical (unpaired) electrons. The Bertz CT molecular complexity index is 205. The van der Waals surface area contributed by atoms with Crippen molar-refractivity contribution < 1.29 is 4.79 Å². The summed E-state index contributed by atoms with van der Waals surface area (Å²) in [5.41, 5.74) is 0. The standard InChI is InChI=1S/C10H18N2O/c1-2-7-3-5-12-10(13)9-8(7)4-6-11-9/h7-9,11H,2-6H2,1H3,(H,12,13). The third-order valence-corrected chi connectivity index (χ3v) is 3.50. The maximum atomic E-state index is 11.6. The molecule has 1 amide bonds. The van der Waals surface area contributed by atoms with Crippen LogP contribution in [-0.2, 0) is 4.79 Å². The Hall–Kier alpha value is -0.570. The molecule has 2 rings (SSSR count). The number of nitrogens with one attached hydrogen (secondary N) is 2. The van der Waals surface area contributed by atoms with E-state index in [0.29, 0.717) is 5.92 Å². The molecule has 2 aliphatic rings. The highest BCUT2D eigenvalue weighted by molar-refractivity contribution is 5.82. The quantitative estimate of drug-likeness (QED) is 0.620. The lowest BCUT2D eigenvalue weighted by Crippen LogP contribution is -2.42. The lowest BCUT2D eigenvalue weighted by molar-refractivity contribution is -0.123. The van der Waals surface area contributed by atoms with E-state index >= 15 is 0 Å². The van der Waals surface area contributed by atoms with Gasteiger partial charge >= 0.3 is 0 Å². The van der Waals surface area contributed by atoms with Crippen LogP contribution in [0.3, 0.4) is 0 Å². The van der Waals surface area contributed by atoms with Crippen LogP contribution in [0.25, 0.3) is 0 Å². The zero-order valence-corrected chi connectivity index (χ0v) is 8.18. The molecule has 0 aromatic rings. The van der Waals surface area contributed by atoms with Crippen LogP contribution in [0.5, 0.6) is 0 Å². The number of fused-ring (bicyclic) bond motifs is 1. The molecule has 0 aliphatic carbocycles. The number of hydrogen-bond acceptors (Lipinski definition) is 2. The van der Waals surface area contributed by atoms with Crippen LogP contribution in [0, 0.1) is 11.8 Å². The summed E-state index contributed by atoms with van der Waals surface area (Å²) in [5, 5.41) is 6.28. The van der Waals surface area contributed by atoms with Gasteiger partial charge in [0.05, 0.1) is 6.04 Å². The second-order valence-electron chi connectivity index (χ2n) is 4.13. The van der Waals surface area contributed by atoms with Gasteiger partial charge in [-0.3, -0.25) is 4.79 Å². The van der Waals surface area contributed by atoms with E-state index in [0.717, 1.165) is 25.4 Å². The van der Waals surface area contributed by atoms with Crippen molar-refractivity contribution in [1.82, 2.24) is 10.6 Å². The van der Waals surface area contributed by atoms with Crippen molar-refractivity contribution in [3.05, 3.63) is 0 Å². The summed E-state index contributed by atoms with van der Waals surface area (Å²) < 4.78 is 0. The molecule has 3 atom stereocenters. The minimum atomic E-state index is 0.104. The smallest absolute Gasteiger partial charge is 0.237 e. The van der Waals surface area contributed by atoms with Gasteiger partial charge in [0.1, 0.15) is 0 Å². The van der Waals surface area contributed by atoms with E-state index in [2.05, 4.69) is 17.6 Å². The van der Waals surface area contributed by atoms with Crippen LogP contribution in [0.1, 0.15) is 26.2 Å². The van der Waals surface area contributed by atoms with E-state index in [1.807, 2.05) is 0 Å². The summed E-state index contributed by atoms with van der Waals surface area (Å²) in [5.74, 6) is 1.55. The number of carbonyl (C=O) groups is 1. The molecule has 0 aromatic carbocycles. The summed E-state index contributed by atoms with van der Waals surface area (Å²) in [6.07, 6.45) is 3.54. The van der Waals surface area contributed by atoms with Crippen molar-refractivity contribution in [2.75, 3.05) is 13.1 Å². The van der Waals surface area contributed by atoms with Crippen molar-refractivity contribution >= 4 is 5.91 Å². The summed E-state index contributed by atoms with van der Waals surface area (Å²) in [6, 6.07) is 0.104. The van der Waals surface area contributed by atoms with Gasteiger partial charge in [0, 0.05) is 6.54 Å². The van der Waals surface area contributed by atoms with Gasteiger partial charge in [-0.05, 0) is 31.2 Å². The summed E-state index contributed by atoms with van der Waals surface area (Å²) in [4.78, 5) is 11.6. The fourth-order valence-electron chi connectivity index (χ4n) is 2.73. The molecule has 2 N–H and O–H groups in total. The van der Waals surface area contributed by atoms with E-state index < -0.39 is 0 Å². The van der Waals surface area contributed by atoms with Crippen molar-refractivity contribution in [3.63, 3.8) is 0 Å². The molecule has 3 nitrogen and oxygen atoms in total. The number of amides is 1. The van der Waals surface area contributed by atoms with Gasteiger partial charge in [0.2, 0.25) is 5.91 Å². The molecule has 2 aliphatic heterocycles. The van der Waals surface area contributed by atoms with Crippen LogP contribution in [-0.4, -0.2) is 25.0 Å². The van der Waals surface area contributed by atoms with Crippen molar-refractivity contribution in [3.8, 4) is 0 Å². The second kappa shape index (κ2) is 3.66. The van der Waals surface area contributed by atoms with Gasteiger partial charge in [-0.15, -0.1) is 0 Å². The van der Waals surface area contributed by atoms with Gasteiger partial charge in [-0.25, -0.2) is 0 Å². The fourth-order valence-corrected chi connectivity index (χ4v) is 2.73. The van der Waals surface area contributed by atoms with Crippen LogP contribution in [0.2, 0.25) is 0 Å². The molecule has 3 heteroatoms. The van der Waals surface area contributed by atoms with Crippen LogP contribution in [0.15, 0.2) is 0 Å². The average molecular weight is 182 g/mol. The van der Waals surface area contributed by atoms with Gasteiger partial charge in [0.25, 0.3) is 0 Å². The van der Waals surface area contributed by atoms with E-state index in [1.165, 1.54) is 12.8 Å². The minimum Gasteiger partial charge on any atom is -0.355 e. The van der Waals surface area contributed by atoms with Gasteiger partial charge in [0.15, 0.2) is 0 Å². The van der Waals surface area contributed by atoms with Crippen molar-refractivity contribution in [2.45, 2.75) is 32.2 Å². The molecule has 13 heavy (non-hydrogen) atoms. The average Bonchev–Trinajstić information content (AvgIpc) is 2.55. The van der Waals surface area contributed by atoms with Crippen LogP contribution >= 0.6 is 0 Å². The van der Waals surface area contributed by atoms with E-state index in [-0.39, 0.29) is 11.9 Å². The zero-order chi connectivity index (χ0) is 9.26. The molecule has 2 saturated heterocycles. The Kier molecular flexibility index (Phi) is 2.54. The zero-order valence-electron chi connectivity index (χ0n) is 8.18. The van der Waals surface area contributed by atoms with E-state index in [1.54, 1.807) is 0 Å². The highest BCUT2D eigenvalue weighted by atomic mass is 16.2. The molecule has 0 spiro atoms. The Morgan fingerprint density at radius 2 is 2.23 bits per heavy atom. The molecular formula is C10H18N2O. The fraction of sp³-hybridized carbons (Fsp3) is 0.900. The highest BCUT2D eigenvalue weighted by Crippen LogP contribution is 2.30. The first-order valence-electron chi connectivity index (χ1n) is 5.34. The Labute approximate surface area is 79.3 Å². The molecule has 3 unspecified atom stereocenters. The van der Waals surface area contributed by atoms with Gasteiger partial charge < -0.3 is 10.6 Å². The van der Waals surface area contributed by atoms with Gasteiger partial charge in [-0.1, -0.05) is 13.3 Å². The first kappa shape index (κ1) is 9.00. The molecule has 2 fully saturated rings. The topological polar surface area (TPSA) is 41.1 Å². The Morgan fingerprint density at radius 3 is 3.00 bits per heavy atom. The van der Waals surface area contributed by atoms with Crippen LogP contribution < -0.4 is 10.6 Å². The van der Waals surface area contributed by atoms with Crippen molar-refractivity contribution in [2.24, 2.45) is 11.8 Å². The molecule has 0 aromatic heterocycles. The van der Waals surface area contributed by atoms with Crippen LogP contribution in [0.4, 0.5) is 0 Å². The first-order valence-corrected chi connectivity index (χ1v) is 5.34. The predicted octanol–water partition coefficient (Wildman–Crippen LogP) is 0.511. The third-order valence-electron chi connectivity index (χ3n) is 3.50. The lowest BCUT2D eigenvalue weighted by atomic mass is 9.83. The Morgan fingerprint density at radius 1 is 1.38 bits per heavy atom. The van der Waals surface area contributed by atoms with Gasteiger partial charge in [-0.2, -0.15) is 0 Å². The summed E-state index contributed by atoms with van der Waals surface area (Å²) in [6.45, 7) is 4.11. The lowest BCUT2D eigenvalue weighted by Gasteiger charge is -2.22. The molecular weight excluding hydrogens is 164 g/mol. The maximum Gasteiger partial charge on any atom is 0.237 e. The molecule has 2 heterocycles. The monoisotopic (exact) mass is 182 g/mol. The second-order valence-corrected chi connectivity index (χ2v) is 4.13. The number of rotatable bonds is 1.